The van der Waals surface area contributed by atoms with Crippen LogP contribution in [0.15, 0.2) is 0 Å². The molecular formula is C8H15NaO4S. The molecule has 0 aromatic carbocycles. The molecule has 0 atom stereocenters. The molecule has 0 bridgehead atoms. The van der Waals surface area contributed by atoms with Crippen LogP contribution in [0.1, 0.15) is 44.9 Å². The predicted molar refractivity (Wildman–Crippen MR) is 47.0 cm³/mol. The molecule has 0 radical (unpaired) electrons. The molecular weight excluding hydrogens is 215 g/mol. The van der Waals surface area contributed by atoms with E-state index in [1.54, 1.807) is 0 Å². The van der Waals surface area contributed by atoms with Crippen LogP contribution in [0, 0.1) is 0 Å². The fraction of sp³-hybridized carbons (Fsp3) is 1.00. The largest absolute Gasteiger partial charge is 1.00 e. The molecule has 1 fully saturated rings. The summed E-state index contributed by atoms with van der Waals surface area (Å²) in [5.41, 5.74) is 0. The normalized spacial score (nSPS) is 23.0. The van der Waals surface area contributed by atoms with E-state index in [0.717, 1.165) is 19.3 Å². The molecule has 0 heterocycles. The van der Waals surface area contributed by atoms with Crippen LogP contribution in [0.4, 0.5) is 0 Å². The van der Waals surface area contributed by atoms with Crippen molar-refractivity contribution in [2.75, 3.05) is 0 Å². The van der Waals surface area contributed by atoms with Gasteiger partial charge in [-0.25, -0.2) is 8.42 Å². The first kappa shape index (κ1) is 14.9. The van der Waals surface area contributed by atoms with Gasteiger partial charge in [-0.05, 0) is 25.7 Å². The van der Waals surface area contributed by atoms with Crippen molar-refractivity contribution in [3.8, 4) is 0 Å². The number of hydrogen-bond acceptors (Lipinski definition) is 4. The Morgan fingerprint density at radius 1 is 1.00 bits per heavy atom. The minimum Gasteiger partial charge on any atom is -0.746 e. The monoisotopic (exact) mass is 230 g/mol. The quantitative estimate of drug-likeness (QED) is 0.416. The minimum atomic E-state index is -4.56. The summed E-state index contributed by atoms with van der Waals surface area (Å²) < 4.78 is 32.3. The van der Waals surface area contributed by atoms with Crippen molar-refractivity contribution in [1.29, 1.82) is 0 Å². The van der Waals surface area contributed by atoms with Gasteiger partial charge in [-0.3, -0.25) is 0 Å². The van der Waals surface area contributed by atoms with Crippen LogP contribution < -0.4 is 29.6 Å². The SMILES string of the molecule is O=S(=O)([O-])C1(O)CCCCCCC1.[Na+]. The maximum absolute atomic E-state index is 10.8. The molecule has 0 aliphatic heterocycles. The third-order valence-corrected chi connectivity index (χ3v) is 3.94. The first-order valence-electron chi connectivity index (χ1n) is 4.63. The third-order valence-electron chi connectivity index (χ3n) is 2.60. The molecule has 4 nitrogen and oxygen atoms in total. The molecule has 0 aromatic rings. The summed E-state index contributed by atoms with van der Waals surface area (Å²) >= 11 is 0. The van der Waals surface area contributed by atoms with Gasteiger partial charge in [0.25, 0.3) is 0 Å². The van der Waals surface area contributed by atoms with Gasteiger partial charge in [0.15, 0.2) is 4.93 Å². The zero-order valence-electron chi connectivity index (χ0n) is 8.53. The zero-order chi connectivity index (χ0) is 9.95. The first-order chi connectivity index (χ1) is 5.96. The van der Waals surface area contributed by atoms with E-state index in [0.29, 0.717) is 12.8 Å². The van der Waals surface area contributed by atoms with E-state index >= 15 is 0 Å². The Morgan fingerprint density at radius 2 is 1.36 bits per heavy atom. The Labute approximate surface area is 107 Å². The molecule has 6 heteroatoms. The number of rotatable bonds is 1. The Balaban J connectivity index is 0.00000169. The molecule has 0 unspecified atom stereocenters. The van der Waals surface area contributed by atoms with Crippen LogP contribution in [-0.4, -0.2) is 23.0 Å². The van der Waals surface area contributed by atoms with Gasteiger partial charge >= 0.3 is 29.6 Å². The summed E-state index contributed by atoms with van der Waals surface area (Å²) in [7, 11) is -4.56. The maximum atomic E-state index is 10.8. The first-order valence-corrected chi connectivity index (χ1v) is 6.04. The molecule has 1 N–H and O–H groups in total. The zero-order valence-corrected chi connectivity index (χ0v) is 11.3. The average Bonchev–Trinajstić information content (AvgIpc) is 1.94. The van der Waals surface area contributed by atoms with Gasteiger partial charge in [0, 0.05) is 0 Å². The van der Waals surface area contributed by atoms with E-state index in [-0.39, 0.29) is 42.4 Å². The molecule has 78 valence electrons. The van der Waals surface area contributed by atoms with Gasteiger partial charge in [0.1, 0.15) is 10.1 Å². The van der Waals surface area contributed by atoms with Crippen LogP contribution in [0.5, 0.6) is 0 Å². The molecule has 14 heavy (non-hydrogen) atoms. The number of aliphatic hydroxyl groups is 1. The summed E-state index contributed by atoms with van der Waals surface area (Å²) in [5.74, 6) is 0. The molecule has 0 amide bonds. The van der Waals surface area contributed by atoms with Crippen LogP contribution in [0.3, 0.4) is 0 Å². The van der Waals surface area contributed by atoms with Crippen molar-refractivity contribution >= 4 is 10.1 Å². The van der Waals surface area contributed by atoms with Gasteiger partial charge in [-0.15, -0.1) is 0 Å². The van der Waals surface area contributed by atoms with Crippen molar-refractivity contribution in [3.05, 3.63) is 0 Å². The second kappa shape index (κ2) is 5.82. The topological polar surface area (TPSA) is 77.4 Å². The second-order valence-electron chi connectivity index (χ2n) is 3.67. The van der Waals surface area contributed by atoms with Crippen molar-refractivity contribution in [2.24, 2.45) is 0 Å². The molecule has 0 aromatic heterocycles. The fourth-order valence-electron chi connectivity index (χ4n) is 1.71. The summed E-state index contributed by atoms with van der Waals surface area (Å²) in [6.07, 6.45) is 4.30. The Bertz CT molecular complexity index is 255. The van der Waals surface area contributed by atoms with E-state index in [1.165, 1.54) is 0 Å². The van der Waals surface area contributed by atoms with Gasteiger partial charge < -0.3 is 9.66 Å². The molecule has 0 spiro atoms. The number of hydrogen-bond donors (Lipinski definition) is 1. The summed E-state index contributed by atoms with van der Waals surface area (Å²) in [6.45, 7) is 0. The van der Waals surface area contributed by atoms with E-state index in [9.17, 15) is 18.1 Å². The second-order valence-corrected chi connectivity index (χ2v) is 5.34. The van der Waals surface area contributed by atoms with E-state index in [4.69, 9.17) is 0 Å². The summed E-state index contributed by atoms with van der Waals surface area (Å²) in [5, 5.41) is 9.61. The Hall–Kier alpha value is 0.870. The van der Waals surface area contributed by atoms with E-state index in [1.807, 2.05) is 0 Å². The van der Waals surface area contributed by atoms with Crippen LogP contribution in [-0.2, 0) is 10.1 Å². The molecule has 1 rings (SSSR count). The summed E-state index contributed by atoms with van der Waals surface area (Å²) in [6, 6.07) is 0. The van der Waals surface area contributed by atoms with Crippen LogP contribution in [0.25, 0.3) is 0 Å². The van der Waals surface area contributed by atoms with Gasteiger partial charge in [-0.1, -0.05) is 19.3 Å². The summed E-state index contributed by atoms with van der Waals surface area (Å²) in [4.78, 5) is -1.99. The van der Waals surface area contributed by atoms with E-state index < -0.39 is 15.1 Å². The van der Waals surface area contributed by atoms with Gasteiger partial charge in [0.05, 0.1) is 0 Å². The van der Waals surface area contributed by atoms with Crippen LogP contribution >= 0.6 is 0 Å². The fourth-order valence-corrected chi connectivity index (χ4v) is 2.50. The average molecular weight is 230 g/mol. The molecule has 1 saturated carbocycles. The minimum absolute atomic E-state index is 0. The maximum Gasteiger partial charge on any atom is 1.00 e. The van der Waals surface area contributed by atoms with Gasteiger partial charge in [-0.2, -0.15) is 0 Å². The van der Waals surface area contributed by atoms with Crippen molar-refractivity contribution in [3.63, 3.8) is 0 Å². The van der Waals surface area contributed by atoms with E-state index in [2.05, 4.69) is 0 Å². The predicted octanol–water partition coefficient (Wildman–Crippen LogP) is -2.03. The third kappa shape index (κ3) is 3.79. The van der Waals surface area contributed by atoms with Crippen molar-refractivity contribution in [1.82, 2.24) is 0 Å². The van der Waals surface area contributed by atoms with Crippen molar-refractivity contribution in [2.45, 2.75) is 49.9 Å². The Kier molecular flexibility index (Phi) is 6.18. The smallest absolute Gasteiger partial charge is 0.746 e. The molecule has 1 aliphatic rings. The van der Waals surface area contributed by atoms with Gasteiger partial charge in [0.2, 0.25) is 0 Å². The standard InChI is InChI=1S/C8H16O4S.Na/c9-8(13(10,11)12)6-4-2-1-3-5-7-8;/h9H,1-7H2,(H,10,11,12);/q;+1/p-1. The van der Waals surface area contributed by atoms with Crippen molar-refractivity contribution < 1.29 is 47.6 Å². The molecule has 1 aliphatic carbocycles. The van der Waals surface area contributed by atoms with Crippen LogP contribution in [0.2, 0.25) is 0 Å². The molecule has 0 saturated heterocycles. The Morgan fingerprint density at radius 3 is 1.71 bits per heavy atom.